The second-order valence-corrected chi connectivity index (χ2v) is 7.08. The molecule has 108 valence electrons. The summed E-state index contributed by atoms with van der Waals surface area (Å²) in [5.74, 6) is 0.939. The first-order valence-electron chi connectivity index (χ1n) is 6.87. The van der Waals surface area contributed by atoms with Gasteiger partial charge < -0.3 is 15.0 Å². The van der Waals surface area contributed by atoms with E-state index in [4.69, 9.17) is 0 Å². The van der Waals surface area contributed by atoms with E-state index in [0.29, 0.717) is 11.3 Å². The fourth-order valence-corrected chi connectivity index (χ4v) is 4.06. The van der Waals surface area contributed by atoms with E-state index in [1.54, 1.807) is 11.8 Å². The molecule has 0 amide bonds. The van der Waals surface area contributed by atoms with E-state index in [1.807, 2.05) is 18.5 Å². The molecule has 2 rings (SSSR count). The topological polar surface area (TPSA) is 63.0 Å². The van der Waals surface area contributed by atoms with Gasteiger partial charge in [0.2, 0.25) is 0 Å². The summed E-state index contributed by atoms with van der Waals surface area (Å²) in [5, 5.41) is 23.0. The Balaban J connectivity index is 1.99. The number of thioether (sulfide) groups is 1. The van der Waals surface area contributed by atoms with Crippen LogP contribution >= 0.6 is 11.8 Å². The van der Waals surface area contributed by atoms with E-state index < -0.39 is 0 Å². The zero-order chi connectivity index (χ0) is 14.0. The molecule has 0 bridgehead atoms. The quantitative estimate of drug-likeness (QED) is 0.858. The summed E-state index contributed by atoms with van der Waals surface area (Å²) in [6.45, 7) is 6.43. The Hall–Kier alpha value is -0.590. The molecular weight excluding hydrogens is 260 g/mol. The van der Waals surface area contributed by atoms with Crippen LogP contribution in [-0.4, -0.2) is 43.3 Å². The van der Waals surface area contributed by atoms with Gasteiger partial charge in [0, 0.05) is 23.9 Å². The molecule has 1 saturated carbocycles. The highest BCUT2D eigenvalue weighted by Crippen LogP contribution is 2.39. The molecule has 1 fully saturated rings. The van der Waals surface area contributed by atoms with E-state index in [2.05, 4.69) is 29.4 Å². The van der Waals surface area contributed by atoms with E-state index in [0.717, 1.165) is 30.2 Å². The second-order valence-electron chi connectivity index (χ2n) is 5.81. The summed E-state index contributed by atoms with van der Waals surface area (Å²) in [6.07, 6.45) is 3.12. The lowest BCUT2D eigenvalue weighted by molar-refractivity contribution is 0.156. The van der Waals surface area contributed by atoms with Crippen LogP contribution in [0.25, 0.3) is 0 Å². The maximum atomic E-state index is 9.70. The van der Waals surface area contributed by atoms with E-state index in [1.165, 1.54) is 0 Å². The highest BCUT2D eigenvalue weighted by Gasteiger charge is 2.39. The van der Waals surface area contributed by atoms with Gasteiger partial charge in [-0.15, -0.1) is 10.2 Å². The Morgan fingerprint density at radius 3 is 2.79 bits per heavy atom. The number of hydrogen-bond donors (Lipinski definition) is 2. The number of aliphatic hydroxyl groups excluding tert-OH is 1. The van der Waals surface area contributed by atoms with Crippen LogP contribution in [0.3, 0.4) is 0 Å². The summed E-state index contributed by atoms with van der Waals surface area (Å²) < 4.78 is 2.03. The van der Waals surface area contributed by atoms with E-state index >= 15 is 0 Å². The maximum Gasteiger partial charge on any atom is 0.191 e. The summed E-state index contributed by atoms with van der Waals surface area (Å²) in [4.78, 5) is 0. The molecule has 1 aromatic rings. The number of aliphatic hydroxyl groups is 1. The van der Waals surface area contributed by atoms with Crippen molar-refractivity contribution < 1.29 is 5.11 Å². The molecule has 0 aliphatic heterocycles. The highest BCUT2D eigenvalue weighted by atomic mass is 32.2. The van der Waals surface area contributed by atoms with Gasteiger partial charge in [0.1, 0.15) is 5.82 Å². The van der Waals surface area contributed by atoms with Gasteiger partial charge >= 0.3 is 0 Å². The van der Waals surface area contributed by atoms with Gasteiger partial charge in [0.15, 0.2) is 5.16 Å². The smallest absolute Gasteiger partial charge is 0.191 e. The van der Waals surface area contributed by atoms with Crippen molar-refractivity contribution in [2.24, 2.45) is 7.05 Å². The van der Waals surface area contributed by atoms with Crippen molar-refractivity contribution in [1.82, 2.24) is 20.1 Å². The molecule has 6 heteroatoms. The molecule has 0 saturated heterocycles. The molecule has 1 heterocycles. The predicted molar refractivity (Wildman–Crippen MR) is 77.3 cm³/mol. The monoisotopic (exact) mass is 284 g/mol. The van der Waals surface area contributed by atoms with Gasteiger partial charge in [0.25, 0.3) is 0 Å². The predicted octanol–water partition coefficient (Wildman–Crippen LogP) is 1.50. The third-order valence-electron chi connectivity index (χ3n) is 3.79. The van der Waals surface area contributed by atoms with Crippen LogP contribution in [0.5, 0.6) is 0 Å². The lowest BCUT2D eigenvalue weighted by Gasteiger charge is -2.31. The number of aromatic nitrogens is 3. The zero-order valence-corrected chi connectivity index (χ0v) is 13.0. The molecule has 0 spiro atoms. The SMILES string of the molecule is Cc1nnc(SC2CCC(CO)(NC(C)C)C2)n1C. The summed E-state index contributed by atoms with van der Waals surface area (Å²) in [7, 11) is 2.00. The zero-order valence-electron chi connectivity index (χ0n) is 12.2. The third-order valence-corrected chi connectivity index (χ3v) is 5.09. The summed E-state index contributed by atoms with van der Waals surface area (Å²) in [5.41, 5.74) is -0.112. The summed E-state index contributed by atoms with van der Waals surface area (Å²) >= 11 is 1.78. The molecule has 0 radical (unpaired) electrons. The van der Waals surface area contributed by atoms with Crippen molar-refractivity contribution in [2.45, 2.75) is 62.0 Å². The Morgan fingerprint density at radius 2 is 2.26 bits per heavy atom. The molecule has 19 heavy (non-hydrogen) atoms. The first-order valence-corrected chi connectivity index (χ1v) is 7.75. The largest absolute Gasteiger partial charge is 0.394 e. The van der Waals surface area contributed by atoms with Gasteiger partial charge in [-0.05, 0) is 26.2 Å². The Labute approximate surface area is 119 Å². The van der Waals surface area contributed by atoms with Crippen LogP contribution in [-0.2, 0) is 7.05 Å². The van der Waals surface area contributed by atoms with Crippen LogP contribution in [0, 0.1) is 6.92 Å². The fraction of sp³-hybridized carbons (Fsp3) is 0.846. The van der Waals surface area contributed by atoms with Gasteiger partial charge in [0.05, 0.1) is 6.61 Å². The van der Waals surface area contributed by atoms with Crippen molar-refractivity contribution in [3.05, 3.63) is 5.82 Å². The fourth-order valence-electron chi connectivity index (χ4n) is 2.75. The van der Waals surface area contributed by atoms with Crippen molar-refractivity contribution in [2.75, 3.05) is 6.61 Å². The van der Waals surface area contributed by atoms with Crippen molar-refractivity contribution in [3.63, 3.8) is 0 Å². The van der Waals surface area contributed by atoms with Crippen molar-refractivity contribution in [1.29, 1.82) is 0 Å². The number of hydrogen-bond acceptors (Lipinski definition) is 5. The first kappa shape index (κ1) is 14.8. The Morgan fingerprint density at radius 1 is 1.53 bits per heavy atom. The van der Waals surface area contributed by atoms with Gasteiger partial charge in [-0.3, -0.25) is 0 Å². The number of aryl methyl sites for hydroxylation is 1. The third kappa shape index (κ3) is 3.30. The van der Waals surface area contributed by atoms with Gasteiger partial charge in [-0.1, -0.05) is 25.6 Å². The van der Waals surface area contributed by atoms with Gasteiger partial charge in [-0.25, -0.2) is 0 Å². The molecule has 2 unspecified atom stereocenters. The Kier molecular flexibility index (Phi) is 4.53. The molecule has 2 atom stereocenters. The molecule has 1 aliphatic carbocycles. The number of nitrogens with zero attached hydrogens (tertiary/aromatic N) is 3. The highest BCUT2D eigenvalue weighted by molar-refractivity contribution is 7.99. The Bertz CT molecular complexity index is 434. The van der Waals surface area contributed by atoms with Crippen LogP contribution in [0.1, 0.15) is 38.9 Å². The lowest BCUT2D eigenvalue weighted by atomic mass is 9.98. The summed E-state index contributed by atoms with van der Waals surface area (Å²) in [6, 6.07) is 0.396. The normalized spacial score (nSPS) is 27.4. The minimum absolute atomic E-state index is 0.112. The van der Waals surface area contributed by atoms with E-state index in [-0.39, 0.29) is 12.1 Å². The molecule has 5 nitrogen and oxygen atoms in total. The molecule has 0 aromatic carbocycles. The van der Waals surface area contributed by atoms with Crippen molar-refractivity contribution >= 4 is 11.8 Å². The second kappa shape index (κ2) is 5.81. The van der Waals surface area contributed by atoms with Crippen LogP contribution in [0.4, 0.5) is 0 Å². The van der Waals surface area contributed by atoms with Crippen LogP contribution < -0.4 is 5.32 Å². The first-order chi connectivity index (χ1) is 8.96. The molecule has 2 N–H and O–H groups in total. The minimum Gasteiger partial charge on any atom is -0.394 e. The van der Waals surface area contributed by atoms with Crippen LogP contribution in [0.15, 0.2) is 5.16 Å². The lowest BCUT2D eigenvalue weighted by Crippen LogP contribution is -2.49. The molecule has 1 aliphatic rings. The number of nitrogens with one attached hydrogen (secondary N) is 1. The number of rotatable bonds is 5. The average molecular weight is 284 g/mol. The average Bonchev–Trinajstić information content (AvgIpc) is 2.88. The molecule has 1 aromatic heterocycles. The standard InChI is InChI=1S/C13H24N4OS/c1-9(2)14-13(8-18)6-5-11(7-13)19-12-16-15-10(3)17(12)4/h9,11,14,18H,5-8H2,1-4H3. The maximum absolute atomic E-state index is 9.70. The minimum atomic E-state index is -0.112. The van der Waals surface area contributed by atoms with Crippen LogP contribution in [0.2, 0.25) is 0 Å². The van der Waals surface area contributed by atoms with Crippen molar-refractivity contribution in [3.8, 4) is 0 Å². The molecular formula is C13H24N4OS. The van der Waals surface area contributed by atoms with Gasteiger partial charge in [-0.2, -0.15) is 0 Å². The van der Waals surface area contributed by atoms with E-state index in [9.17, 15) is 5.11 Å².